The summed E-state index contributed by atoms with van der Waals surface area (Å²) >= 11 is 0. The molecule has 0 aromatic heterocycles. The average molecular weight is 256 g/mol. The van der Waals surface area contributed by atoms with Gasteiger partial charge in [-0.2, -0.15) is 0 Å². The van der Waals surface area contributed by atoms with E-state index in [-0.39, 0.29) is 31.0 Å². The van der Waals surface area contributed by atoms with Crippen LogP contribution < -0.4 is 0 Å². The number of alkyl halides is 2. The van der Waals surface area contributed by atoms with Gasteiger partial charge in [0.1, 0.15) is 5.82 Å². The van der Waals surface area contributed by atoms with Crippen LogP contribution in [0.3, 0.4) is 0 Å². The zero-order chi connectivity index (χ0) is 13.3. The Morgan fingerprint density at radius 1 is 1.44 bits per heavy atom. The van der Waals surface area contributed by atoms with Crippen LogP contribution in [0.5, 0.6) is 0 Å². The quantitative estimate of drug-likeness (QED) is 0.743. The minimum Gasteiger partial charge on any atom is -0.294 e. The van der Waals surface area contributed by atoms with E-state index in [4.69, 9.17) is 0 Å². The van der Waals surface area contributed by atoms with Crippen molar-refractivity contribution in [1.82, 2.24) is 0 Å². The second-order valence-electron chi connectivity index (χ2n) is 5.05. The molecule has 1 nitrogen and oxygen atoms in total. The molecule has 0 radical (unpaired) electrons. The van der Waals surface area contributed by atoms with Gasteiger partial charge in [-0.05, 0) is 37.0 Å². The second kappa shape index (κ2) is 4.75. The molecule has 1 aromatic carbocycles. The van der Waals surface area contributed by atoms with Gasteiger partial charge in [-0.25, -0.2) is 13.2 Å². The van der Waals surface area contributed by atoms with Crippen molar-refractivity contribution in [1.29, 1.82) is 0 Å². The van der Waals surface area contributed by atoms with Crippen molar-refractivity contribution < 1.29 is 18.0 Å². The van der Waals surface area contributed by atoms with Crippen LogP contribution in [-0.2, 0) is 0 Å². The molecule has 1 aliphatic rings. The number of hydrogen-bond acceptors (Lipinski definition) is 1. The predicted octanol–water partition coefficient (Wildman–Crippen LogP) is 4.14. The Hall–Kier alpha value is -1.32. The summed E-state index contributed by atoms with van der Waals surface area (Å²) in [4.78, 5) is 12.0. The van der Waals surface area contributed by atoms with Gasteiger partial charge in [0.25, 0.3) is 0 Å². The molecule has 0 spiro atoms. The fraction of sp³-hybridized carbons (Fsp3) is 0.500. The molecule has 0 bridgehead atoms. The molecule has 2 rings (SSSR count). The van der Waals surface area contributed by atoms with Crippen LogP contribution in [0.2, 0.25) is 0 Å². The molecule has 4 heteroatoms. The third-order valence-corrected chi connectivity index (χ3v) is 3.48. The molecule has 98 valence electrons. The van der Waals surface area contributed by atoms with Crippen molar-refractivity contribution in [2.45, 2.75) is 38.5 Å². The van der Waals surface area contributed by atoms with Crippen molar-refractivity contribution in [2.75, 3.05) is 0 Å². The van der Waals surface area contributed by atoms with Crippen molar-refractivity contribution in [2.24, 2.45) is 5.92 Å². The molecular weight excluding hydrogens is 241 g/mol. The Bertz CT molecular complexity index is 468. The van der Waals surface area contributed by atoms with Gasteiger partial charge in [-0.3, -0.25) is 4.79 Å². The van der Waals surface area contributed by atoms with Gasteiger partial charge in [0.2, 0.25) is 5.92 Å². The van der Waals surface area contributed by atoms with Crippen molar-refractivity contribution in [3.63, 3.8) is 0 Å². The average Bonchev–Trinajstić information content (AvgIpc) is 2.61. The molecule has 1 unspecified atom stereocenters. The first kappa shape index (κ1) is 13.1. The van der Waals surface area contributed by atoms with Crippen LogP contribution in [0, 0.1) is 18.7 Å². The largest absolute Gasteiger partial charge is 0.294 e. The molecule has 0 N–H and O–H groups in total. The Morgan fingerprint density at radius 2 is 2.17 bits per heavy atom. The predicted molar refractivity (Wildman–Crippen MR) is 62.4 cm³/mol. The highest BCUT2D eigenvalue weighted by Gasteiger charge is 2.40. The number of rotatable bonds is 3. The molecule has 0 aliphatic heterocycles. The van der Waals surface area contributed by atoms with E-state index in [2.05, 4.69) is 0 Å². The number of benzene rings is 1. The van der Waals surface area contributed by atoms with Crippen LogP contribution in [0.1, 0.15) is 41.6 Å². The number of aryl methyl sites for hydroxylation is 1. The highest BCUT2D eigenvalue weighted by molar-refractivity contribution is 5.97. The fourth-order valence-corrected chi connectivity index (χ4v) is 2.48. The van der Waals surface area contributed by atoms with E-state index in [1.807, 2.05) is 0 Å². The standard InChI is InChI=1S/C14H15F3O/c1-9-2-3-11(15)7-12(9)13(18)6-10-4-5-14(16,17)8-10/h2-3,7,10H,4-6,8H2,1H3. The lowest BCUT2D eigenvalue weighted by Gasteiger charge is -2.11. The summed E-state index contributed by atoms with van der Waals surface area (Å²) in [5.41, 5.74) is 0.997. The van der Waals surface area contributed by atoms with Crippen LogP contribution >= 0.6 is 0 Å². The van der Waals surface area contributed by atoms with Crippen LogP contribution in [-0.4, -0.2) is 11.7 Å². The van der Waals surface area contributed by atoms with E-state index in [0.29, 0.717) is 17.5 Å². The summed E-state index contributed by atoms with van der Waals surface area (Å²) in [5.74, 6) is -3.63. The van der Waals surface area contributed by atoms with Crippen LogP contribution in [0.4, 0.5) is 13.2 Å². The fourth-order valence-electron chi connectivity index (χ4n) is 2.48. The maximum Gasteiger partial charge on any atom is 0.248 e. The smallest absolute Gasteiger partial charge is 0.248 e. The third kappa shape index (κ3) is 2.92. The molecule has 18 heavy (non-hydrogen) atoms. The van der Waals surface area contributed by atoms with E-state index in [1.165, 1.54) is 18.2 Å². The molecule has 0 heterocycles. The molecule has 1 saturated carbocycles. The zero-order valence-electron chi connectivity index (χ0n) is 10.2. The van der Waals surface area contributed by atoms with Crippen molar-refractivity contribution in [3.8, 4) is 0 Å². The zero-order valence-corrected chi connectivity index (χ0v) is 10.2. The Balaban J connectivity index is 2.06. The lowest BCUT2D eigenvalue weighted by atomic mass is 9.94. The van der Waals surface area contributed by atoms with E-state index >= 15 is 0 Å². The number of halogens is 3. The Morgan fingerprint density at radius 3 is 2.78 bits per heavy atom. The molecule has 1 atom stereocenters. The topological polar surface area (TPSA) is 17.1 Å². The van der Waals surface area contributed by atoms with E-state index in [1.54, 1.807) is 6.92 Å². The van der Waals surface area contributed by atoms with E-state index in [0.717, 1.165) is 0 Å². The summed E-state index contributed by atoms with van der Waals surface area (Å²) < 4.78 is 39.1. The molecule has 0 amide bonds. The molecule has 1 fully saturated rings. The molecular formula is C14H15F3O. The van der Waals surface area contributed by atoms with Gasteiger partial charge < -0.3 is 0 Å². The maximum absolute atomic E-state index is 13.1. The summed E-state index contributed by atoms with van der Waals surface area (Å²) in [7, 11) is 0. The Labute approximate surface area is 104 Å². The maximum atomic E-state index is 13.1. The number of carbonyl (C=O) groups is 1. The van der Waals surface area contributed by atoms with Gasteiger partial charge in [-0.1, -0.05) is 6.07 Å². The first-order chi connectivity index (χ1) is 8.37. The normalized spacial score (nSPS) is 22.1. The SMILES string of the molecule is Cc1ccc(F)cc1C(=O)CC1CCC(F)(F)C1. The first-order valence-electron chi connectivity index (χ1n) is 6.04. The van der Waals surface area contributed by atoms with E-state index in [9.17, 15) is 18.0 Å². The highest BCUT2D eigenvalue weighted by Crippen LogP contribution is 2.40. The third-order valence-electron chi connectivity index (χ3n) is 3.48. The molecule has 1 aromatic rings. The van der Waals surface area contributed by atoms with Gasteiger partial charge in [0.05, 0.1) is 0 Å². The monoisotopic (exact) mass is 256 g/mol. The minimum absolute atomic E-state index is 0.0832. The van der Waals surface area contributed by atoms with Gasteiger partial charge in [0, 0.05) is 24.8 Å². The number of hydrogen-bond donors (Lipinski definition) is 0. The van der Waals surface area contributed by atoms with Crippen molar-refractivity contribution >= 4 is 5.78 Å². The number of Topliss-reactive ketones (excluding diaryl/α,β-unsaturated/α-hetero) is 1. The Kier molecular flexibility index (Phi) is 3.46. The number of ketones is 1. The summed E-state index contributed by atoms with van der Waals surface area (Å²) in [6, 6.07) is 4.01. The molecule has 1 aliphatic carbocycles. The van der Waals surface area contributed by atoms with Crippen LogP contribution in [0.25, 0.3) is 0 Å². The lowest BCUT2D eigenvalue weighted by Crippen LogP contribution is -2.12. The van der Waals surface area contributed by atoms with Crippen molar-refractivity contribution in [3.05, 3.63) is 35.1 Å². The molecule has 0 saturated heterocycles. The second-order valence-corrected chi connectivity index (χ2v) is 5.05. The lowest BCUT2D eigenvalue weighted by molar-refractivity contribution is 0.00497. The minimum atomic E-state index is -2.64. The summed E-state index contributed by atoms with van der Waals surface area (Å²) in [5, 5.41) is 0. The summed E-state index contributed by atoms with van der Waals surface area (Å²) in [6.07, 6.45) is 0.0766. The van der Waals surface area contributed by atoms with Crippen LogP contribution in [0.15, 0.2) is 18.2 Å². The van der Waals surface area contributed by atoms with Gasteiger partial charge in [-0.15, -0.1) is 0 Å². The highest BCUT2D eigenvalue weighted by atomic mass is 19.3. The van der Waals surface area contributed by atoms with Gasteiger partial charge >= 0.3 is 0 Å². The van der Waals surface area contributed by atoms with Gasteiger partial charge in [0.15, 0.2) is 5.78 Å². The summed E-state index contributed by atoms with van der Waals surface area (Å²) in [6.45, 7) is 1.72. The van der Waals surface area contributed by atoms with E-state index < -0.39 is 11.7 Å². The number of carbonyl (C=O) groups excluding carboxylic acids is 1. The first-order valence-corrected chi connectivity index (χ1v) is 6.04.